The maximum absolute atomic E-state index is 3.42. The summed E-state index contributed by atoms with van der Waals surface area (Å²) in [5, 5.41) is 3.42. The van der Waals surface area contributed by atoms with Crippen LogP contribution in [0.15, 0.2) is 23.3 Å². The molecule has 1 nitrogen and oxygen atoms in total. The van der Waals surface area contributed by atoms with E-state index in [9.17, 15) is 0 Å². The maximum Gasteiger partial charge on any atom is 0.0205 e. The molecule has 0 aromatic heterocycles. The van der Waals surface area contributed by atoms with E-state index in [4.69, 9.17) is 0 Å². The third kappa shape index (κ3) is 1.46. The minimum Gasteiger partial charge on any atom is -0.312 e. The molecule has 1 saturated heterocycles. The first-order valence-corrected chi connectivity index (χ1v) is 5.01. The molecule has 0 saturated carbocycles. The van der Waals surface area contributed by atoms with Crippen molar-refractivity contribution in [1.82, 2.24) is 5.32 Å². The fourth-order valence-corrected chi connectivity index (χ4v) is 2.05. The Kier molecular flexibility index (Phi) is 2.31. The molecule has 66 valence electrons. The molecule has 12 heavy (non-hydrogen) atoms. The van der Waals surface area contributed by atoms with Crippen molar-refractivity contribution in [1.29, 1.82) is 0 Å². The zero-order valence-corrected chi connectivity index (χ0v) is 7.77. The Morgan fingerprint density at radius 1 is 1.50 bits per heavy atom. The summed E-state index contributed by atoms with van der Waals surface area (Å²) in [6.45, 7) is 4.54. The van der Waals surface area contributed by atoms with Crippen molar-refractivity contribution in [2.45, 2.75) is 26.2 Å². The summed E-state index contributed by atoms with van der Waals surface area (Å²) in [4.78, 5) is 0. The van der Waals surface area contributed by atoms with Gasteiger partial charge < -0.3 is 5.32 Å². The molecule has 2 aliphatic rings. The first kappa shape index (κ1) is 8.06. The molecule has 1 aliphatic heterocycles. The van der Waals surface area contributed by atoms with Crippen LogP contribution in [0, 0.1) is 5.92 Å². The zero-order valence-electron chi connectivity index (χ0n) is 7.77. The predicted molar refractivity (Wildman–Crippen MR) is 52.1 cm³/mol. The van der Waals surface area contributed by atoms with Crippen LogP contribution >= 0.6 is 0 Å². The highest BCUT2D eigenvalue weighted by molar-refractivity contribution is 5.37. The first-order chi connectivity index (χ1) is 5.90. The second kappa shape index (κ2) is 3.44. The van der Waals surface area contributed by atoms with E-state index < -0.39 is 0 Å². The van der Waals surface area contributed by atoms with E-state index in [2.05, 4.69) is 24.4 Å². The lowest BCUT2D eigenvalue weighted by Gasteiger charge is -2.25. The largest absolute Gasteiger partial charge is 0.312 e. The number of piperidine rings is 1. The van der Waals surface area contributed by atoms with Gasteiger partial charge in [-0.25, -0.2) is 0 Å². The summed E-state index contributed by atoms with van der Waals surface area (Å²) in [5.41, 5.74) is 3.18. The molecule has 1 N–H and O–H groups in total. The molecule has 0 aromatic rings. The molecule has 0 radical (unpaired) electrons. The van der Waals surface area contributed by atoms with Crippen LogP contribution in [0.25, 0.3) is 0 Å². The number of rotatable bonds is 1. The number of nitrogens with one attached hydrogen (secondary N) is 1. The van der Waals surface area contributed by atoms with Gasteiger partial charge in [0, 0.05) is 6.54 Å². The normalized spacial score (nSPS) is 28.9. The first-order valence-electron chi connectivity index (χ1n) is 5.01. The van der Waals surface area contributed by atoms with Crippen molar-refractivity contribution in [3.05, 3.63) is 23.3 Å². The van der Waals surface area contributed by atoms with Gasteiger partial charge in [0.15, 0.2) is 0 Å². The SMILES string of the molecule is CCC1C=C2CNCCC2=CC1. The van der Waals surface area contributed by atoms with Gasteiger partial charge in [0.1, 0.15) is 0 Å². The Bertz CT molecular complexity index is 225. The van der Waals surface area contributed by atoms with Gasteiger partial charge in [-0.1, -0.05) is 19.1 Å². The van der Waals surface area contributed by atoms with Crippen molar-refractivity contribution in [3.8, 4) is 0 Å². The smallest absolute Gasteiger partial charge is 0.0205 e. The fourth-order valence-electron chi connectivity index (χ4n) is 2.05. The summed E-state index contributed by atoms with van der Waals surface area (Å²) in [5.74, 6) is 0.809. The van der Waals surface area contributed by atoms with Gasteiger partial charge in [-0.15, -0.1) is 0 Å². The van der Waals surface area contributed by atoms with Crippen LogP contribution in [-0.2, 0) is 0 Å². The molecule has 0 bridgehead atoms. The van der Waals surface area contributed by atoms with Crippen LogP contribution in [-0.4, -0.2) is 13.1 Å². The Labute approximate surface area is 74.5 Å². The van der Waals surface area contributed by atoms with Crippen molar-refractivity contribution in [3.63, 3.8) is 0 Å². The van der Waals surface area contributed by atoms with E-state index in [-0.39, 0.29) is 0 Å². The number of hydrogen-bond acceptors (Lipinski definition) is 1. The van der Waals surface area contributed by atoms with Crippen LogP contribution < -0.4 is 5.32 Å². The summed E-state index contributed by atoms with van der Waals surface area (Å²) in [6, 6.07) is 0. The Morgan fingerprint density at radius 3 is 3.25 bits per heavy atom. The summed E-state index contributed by atoms with van der Waals surface area (Å²) in [6.07, 6.45) is 8.72. The van der Waals surface area contributed by atoms with E-state index in [0.29, 0.717) is 0 Å². The van der Waals surface area contributed by atoms with E-state index in [0.717, 1.165) is 12.5 Å². The van der Waals surface area contributed by atoms with Crippen LogP contribution in [0.1, 0.15) is 26.2 Å². The average molecular weight is 163 g/mol. The summed E-state index contributed by atoms with van der Waals surface area (Å²) >= 11 is 0. The van der Waals surface area contributed by atoms with Gasteiger partial charge in [0.2, 0.25) is 0 Å². The average Bonchev–Trinajstić information content (AvgIpc) is 2.17. The molecule has 1 aliphatic carbocycles. The quantitative estimate of drug-likeness (QED) is 0.625. The molecule has 2 rings (SSSR count). The van der Waals surface area contributed by atoms with Crippen LogP contribution in [0.4, 0.5) is 0 Å². The molecule has 1 atom stereocenters. The Morgan fingerprint density at radius 2 is 2.42 bits per heavy atom. The maximum atomic E-state index is 3.42. The molecular weight excluding hydrogens is 146 g/mol. The number of fused-ring (bicyclic) bond motifs is 1. The molecule has 1 unspecified atom stereocenters. The second-order valence-electron chi connectivity index (χ2n) is 3.75. The van der Waals surface area contributed by atoms with Gasteiger partial charge in [-0.2, -0.15) is 0 Å². The highest BCUT2D eigenvalue weighted by Gasteiger charge is 2.16. The van der Waals surface area contributed by atoms with Crippen molar-refractivity contribution >= 4 is 0 Å². The van der Waals surface area contributed by atoms with Gasteiger partial charge in [-0.3, -0.25) is 0 Å². The van der Waals surface area contributed by atoms with Crippen LogP contribution in [0.5, 0.6) is 0 Å². The van der Waals surface area contributed by atoms with Crippen molar-refractivity contribution in [2.24, 2.45) is 5.92 Å². The molecule has 0 spiro atoms. The van der Waals surface area contributed by atoms with Gasteiger partial charge in [0.25, 0.3) is 0 Å². The molecule has 1 heteroatoms. The lowest BCUT2D eigenvalue weighted by Crippen LogP contribution is -2.27. The molecular formula is C11H17N. The lowest BCUT2D eigenvalue weighted by molar-refractivity contribution is 0.592. The number of allylic oxidation sites excluding steroid dienone is 2. The van der Waals surface area contributed by atoms with Gasteiger partial charge in [0.05, 0.1) is 0 Å². The summed E-state index contributed by atoms with van der Waals surface area (Å²) < 4.78 is 0. The summed E-state index contributed by atoms with van der Waals surface area (Å²) in [7, 11) is 0. The standard InChI is InChI=1S/C11H17N/c1-2-9-3-4-10-5-6-12-8-11(10)7-9/h4,7,9,12H,2-3,5-6,8H2,1H3. The van der Waals surface area contributed by atoms with Crippen LogP contribution in [0.2, 0.25) is 0 Å². The van der Waals surface area contributed by atoms with E-state index in [1.165, 1.54) is 25.8 Å². The molecule has 0 amide bonds. The minimum atomic E-state index is 0.809. The monoisotopic (exact) mass is 163 g/mol. The molecule has 1 heterocycles. The Balaban J connectivity index is 2.13. The highest BCUT2D eigenvalue weighted by Crippen LogP contribution is 2.27. The second-order valence-corrected chi connectivity index (χ2v) is 3.75. The van der Waals surface area contributed by atoms with E-state index in [1.807, 2.05) is 0 Å². The lowest BCUT2D eigenvalue weighted by atomic mass is 9.86. The van der Waals surface area contributed by atoms with Gasteiger partial charge in [-0.05, 0) is 42.9 Å². The Hall–Kier alpha value is -0.560. The van der Waals surface area contributed by atoms with E-state index >= 15 is 0 Å². The fraction of sp³-hybridized carbons (Fsp3) is 0.636. The van der Waals surface area contributed by atoms with Gasteiger partial charge >= 0.3 is 0 Å². The minimum absolute atomic E-state index is 0.809. The number of hydrogen-bond donors (Lipinski definition) is 1. The third-order valence-electron chi connectivity index (χ3n) is 2.93. The highest BCUT2D eigenvalue weighted by atomic mass is 14.9. The molecule has 1 fully saturated rings. The van der Waals surface area contributed by atoms with Crippen molar-refractivity contribution < 1.29 is 0 Å². The topological polar surface area (TPSA) is 12.0 Å². The van der Waals surface area contributed by atoms with Crippen molar-refractivity contribution in [2.75, 3.05) is 13.1 Å². The third-order valence-corrected chi connectivity index (χ3v) is 2.93. The molecule has 0 aromatic carbocycles. The predicted octanol–water partition coefficient (Wildman–Crippen LogP) is 2.26. The van der Waals surface area contributed by atoms with Crippen LogP contribution in [0.3, 0.4) is 0 Å². The van der Waals surface area contributed by atoms with E-state index in [1.54, 1.807) is 11.1 Å². The zero-order chi connectivity index (χ0) is 8.39.